The Hall–Kier alpha value is -1.92. The van der Waals surface area contributed by atoms with E-state index in [1.54, 1.807) is 31.4 Å². The quantitative estimate of drug-likeness (QED) is 0.813. The molecule has 0 saturated carbocycles. The van der Waals surface area contributed by atoms with Crippen LogP contribution in [0.2, 0.25) is 0 Å². The lowest BCUT2D eigenvalue weighted by molar-refractivity contribution is 0.409. The first-order valence-electron chi connectivity index (χ1n) is 7.26. The molecule has 0 N–H and O–H groups in total. The summed E-state index contributed by atoms with van der Waals surface area (Å²) < 4.78 is 44.8. The maximum atomic E-state index is 12.9. The van der Waals surface area contributed by atoms with E-state index < -0.39 is 10.0 Å². The third-order valence-corrected chi connectivity index (χ3v) is 5.46. The average molecular weight is 337 g/mol. The van der Waals surface area contributed by atoms with E-state index in [0.29, 0.717) is 12.2 Å². The van der Waals surface area contributed by atoms with Gasteiger partial charge in [-0.05, 0) is 47.9 Å². The molecule has 0 aliphatic rings. The van der Waals surface area contributed by atoms with Crippen molar-refractivity contribution < 1.29 is 17.5 Å². The number of halogens is 1. The third kappa shape index (κ3) is 3.89. The molecule has 0 amide bonds. The van der Waals surface area contributed by atoms with Crippen LogP contribution in [0.5, 0.6) is 5.75 Å². The summed E-state index contributed by atoms with van der Waals surface area (Å²) in [4.78, 5) is 0.222. The minimum atomic E-state index is -3.62. The molecule has 2 rings (SSSR count). The molecule has 4 nitrogen and oxygen atoms in total. The molecule has 0 heterocycles. The lowest BCUT2D eigenvalue weighted by Gasteiger charge is -2.18. The van der Waals surface area contributed by atoms with Gasteiger partial charge in [0.25, 0.3) is 0 Å². The van der Waals surface area contributed by atoms with Gasteiger partial charge in [0, 0.05) is 13.6 Å². The predicted octanol–water partition coefficient (Wildman–Crippen LogP) is 3.22. The van der Waals surface area contributed by atoms with Crippen LogP contribution in [-0.4, -0.2) is 26.9 Å². The van der Waals surface area contributed by atoms with Crippen molar-refractivity contribution in [2.45, 2.75) is 24.8 Å². The summed E-state index contributed by atoms with van der Waals surface area (Å²) in [6.45, 7) is 2.12. The molecule has 0 radical (unpaired) electrons. The lowest BCUT2D eigenvalue weighted by Crippen LogP contribution is -2.26. The van der Waals surface area contributed by atoms with E-state index in [-0.39, 0.29) is 17.3 Å². The van der Waals surface area contributed by atoms with Crippen molar-refractivity contribution in [3.05, 3.63) is 59.4 Å². The van der Waals surface area contributed by atoms with E-state index in [1.807, 2.05) is 6.92 Å². The number of benzene rings is 2. The third-order valence-electron chi connectivity index (χ3n) is 3.66. The summed E-state index contributed by atoms with van der Waals surface area (Å²) in [5.41, 5.74) is 1.56. The zero-order valence-corrected chi connectivity index (χ0v) is 14.2. The van der Waals surface area contributed by atoms with Crippen LogP contribution in [0.3, 0.4) is 0 Å². The molecule has 2 aromatic rings. The van der Waals surface area contributed by atoms with Gasteiger partial charge in [-0.1, -0.05) is 19.1 Å². The molecule has 0 unspecified atom stereocenters. The molecule has 0 saturated heterocycles. The highest BCUT2D eigenvalue weighted by atomic mass is 32.2. The van der Waals surface area contributed by atoms with E-state index in [9.17, 15) is 12.8 Å². The maximum Gasteiger partial charge on any atom is 0.243 e. The zero-order valence-electron chi connectivity index (χ0n) is 13.4. The Morgan fingerprint density at radius 3 is 2.35 bits per heavy atom. The van der Waals surface area contributed by atoms with Crippen molar-refractivity contribution in [2.75, 3.05) is 14.2 Å². The van der Waals surface area contributed by atoms with Crippen molar-refractivity contribution >= 4 is 10.0 Å². The number of rotatable bonds is 6. The van der Waals surface area contributed by atoms with Crippen LogP contribution in [0.15, 0.2) is 47.4 Å². The smallest absolute Gasteiger partial charge is 0.243 e. The largest absolute Gasteiger partial charge is 0.496 e. The summed E-state index contributed by atoms with van der Waals surface area (Å²) in [5.74, 6) is 0.328. The highest BCUT2D eigenvalue weighted by molar-refractivity contribution is 7.89. The number of hydrogen-bond donors (Lipinski definition) is 0. The van der Waals surface area contributed by atoms with Gasteiger partial charge in [-0.3, -0.25) is 0 Å². The summed E-state index contributed by atoms with van der Waals surface area (Å²) in [6, 6.07) is 10.6. The average Bonchev–Trinajstić information content (AvgIpc) is 2.56. The van der Waals surface area contributed by atoms with Crippen molar-refractivity contribution in [1.29, 1.82) is 0 Å². The second-order valence-corrected chi connectivity index (χ2v) is 7.26. The van der Waals surface area contributed by atoms with Crippen molar-refractivity contribution in [1.82, 2.24) is 4.31 Å². The Balaban J connectivity index is 2.28. The molecule has 0 bridgehead atoms. The van der Waals surface area contributed by atoms with Crippen LogP contribution in [0.4, 0.5) is 4.39 Å². The first kappa shape index (κ1) is 17.4. The number of methoxy groups -OCH3 is 1. The molecule has 0 aliphatic carbocycles. The van der Waals surface area contributed by atoms with Crippen LogP contribution in [-0.2, 0) is 23.0 Å². The first-order chi connectivity index (χ1) is 10.9. The first-order valence-corrected chi connectivity index (χ1v) is 8.70. The standard InChI is InChI=1S/C17H20FNO3S/c1-4-14-11-16(9-10-17(14)22-3)23(20,21)19(2)12-13-5-7-15(18)8-6-13/h5-11H,4,12H2,1-3H3. The Kier molecular flexibility index (Phi) is 5.38. The van der Waals surface area contributed by atoms with E-state index >= 15 is 0 Å². The van der Waals surface area contributed by atoms with Gasteiger partial charge in [-0.2, -0.15) is 4.31 Å². The van der Waals surface area contributed by atoms with Gasteiger partial charge < -0.3 is 4.74 Å². The molecule has 0 aromatic heterocycles. The van der Waals surface area contributed by atoms with E-state index in [4.69, 9.17) is 4.74 Å². The number of aryl methyl sites for hydroxylation is 1. The van der Waals surface area contributed by atoms with Crippen LogP contribution in [0.1, 0.15) is 18.1 Å². The monoisotopic (exact) mass is 337 g/mol. The molecule has 0 fully saturated rings. The Morgan fingerprint density at radius 1 is 1.13 bits per heavy atom. The van der Waals surface area contributed by atoms with Gasteiger partial charge in [-0.15, -0.1) is 0 Å². The molecule has 2 aromatic carbocycles. The molecule has 0 spiro atoms. The number of hydrogen-bond acceptors (Lipinski definition) is 3. The molecular formula is C17H20FNO3S. The van der Waals surface area contributed by atoms with Gasteiger partial charge in [0.2, 0.25) is 10.0 Å². The molecule has 0 atom stereocenters. The molecule has 124 valence electrons. The van der Waals surface area contributed by atoms with Crippen LogP contribution >= 0.6 is 0 Å². The second kappa shape index (κ2) is 7.10. The van der Waals surface area contributed by atoms with Crippen molar-refractivity contribution in [2.24, 2.45) is 0 Å². The topological polar surface area (TPSA) is 46.6 Å². The molecule has 0 aliphatic heterocycles. The summed E-state index contributed by atoms with van der Waals surface area (Å²) in [6.07, 6.45) is 0.675. The fourth-order valence-corrected chi connectivity index (χ4v) is 3.51. The van der Waals surface area contributed by atoms with Gasteiger partial charge >= 0.3 is 0 Å². The van der Waals surface area contributed by atoms with Gasteiger partial charge in [0.1, 0.15) is 11.6 Å². The summed E-state index contributed by atoms with van der Waals surface area (Å²) in [7, 11) is -0.554. The van der Waals surface area contributed by atoms with E-state index in [2.05, 4.69) is 0 Å². The zero-order chi connectivity index (χ0) is 17.0. The molecule has 6 heteroatoms. The van der Waals surface area contributed by atoms with Gasteiger partial charge in [0.15, 0.2) is 0 Å². The fourth-order valence-electron chi connectivity index (χ4n) is 2.30. The number of ether oxygens (including phenoxy) is 1. The number of sulfonamides is 1. The van der Waals surface area contributed by atoms with Gasteiger partial charge in [-0.25, -0.2) is 12.8 Å². The fraction of sp³-hybridized carbons (Fsp3) is 0.294. The van der Waals surface area contributed by atoms with Crippen molar-refractivity contribution in [3.8, 4) is 5.75 Å². The van der Waals surface area contributed by atoms with E-state index in [0.717, 1.165) is 11.1 Å². The molecule has 23 heavy (non-hydrogen) atoms. The van der Waals surface area contributed by atoms with Crippen molar-refractivity contribution in [3.63, 3.8) is 0 Å². The van der Waals surface area contributed by atoms with E-state index in [1.165, 1.54) is 29.6 Å². The lowest BCUT2D eigenvalue weighted by atomic mass is 10.1. The summed E-state index contributed by atoms with van der Waals surface area (Å²) >= 11 is 0. The van der Waals surface area contributed by atoms with Crippen LogP contribution in [0.25, 0.3) is 0 Å². The SMILES string of the molecule is CCc1cc(S(=O)(=O)N(C)Cc2ccc(F)cc2)ccc1OC. The second-order valence-electron chi connectivity index (χ2n) is 5.21. The predicted molar refractivity (Wildman–Crippen MR) is 87.4 cm³/mol. The van der Waals surface area contributed by atoms with Crippen LogP contribution < -0.4 is 4.74 Å². The molecular weight excluding hydrogens is 317 g/mol. The van der Waals surface area contributed by atoms with Gasteiger partial charge in [0.05, 0.1) is 12.0 Å². The summed E-state index contributed by atoms with van der Waals surface area (Å²) in [5, 5.41) is 0. The highest BCUT2D eigenvalue weighted by Gasteiger charge is 2.22. The Labute approximate surface area is 136 Å². The highest BCUT2D eigenvalue weighted by Crippen LogP contribution is 2.25. The minimum Gasteiger partial charge on any atom is -0.496 e. The van der Waals surface area contributed by atoms with Crippen LogP contribution in [0, 0.1) is 5.82 Å². The normalized spacial score (nSPS) is 11.7. The maximum absolute atomic E-state index is 12.9. The Bertz CT molecular complexity index is 773. The number of nitrogens with zero attached hydrogens (tertiary/aromatic N) is 1. The minimum absolute atomic E-state index is 0.177. The Morgan fingerprint density at radius 2 is 1.78 bits per heavy atom.